The number of allylic oxidation sites excluding steroid dienone is 4. The standard InChI is InChI=1S/C37H30O2P2/c38-40(30-15-5-1-6-16-30,31-17-7-2-8-18-31)35-24-14-13-23-34(35)36-28-25-26-29(27-28)37(36)41(39,32-19-9-3-10-20-32)33-21-11-4-12-22-33/h1-24H,25-27H2. The monoisotopic (exact) mass is 568 g/mol. The van der Waals surface area contributed by atoms with E-state index < -0.39 is 14.3 Å². The van der Waals surface area contributed by atoms with E-state index in [9.17, 15) is 0 Å². The Morgan fingerprint density at radius 2 is 0.805 bits per heavy atom. The fraction of sp³-hybridized carbons (Fsp3) is 0.0811. The van der Waals surface area contributed by atoms with Crippen LogP contribution >= 0.6 is 14.3 Å². The van der Waals surface area contributed by atoms with Gasteiger partial charge < -0.3 is 9.13 Å². The Balaban J connectivity index is 1.51. The maximum Gasteiger partial charge on any atom is 0.171 e. The Morgan fingerprint density at radius 3 is 1.29 bits per heavy atom. The molecule has 0 atom stereocenters. The topological polar surface area (TPSA) is 34.1 Å². The van der Waals surface area contributed by atoms with Gasteiger partial charge in [0.05, 0.1) is 0 Å². The summed E-state index contributed by atoms with van der Waals surface area (Å²) < 4.78 is 31.3. The summed E-state index contributed by atoms with van der Waals surface area (Å²) in [5.74, 6) is 0. The molecular formula is C37H30O2P2. The second kappa shape index (κ2) is 10.5. The van der Waals surface area contributed by atoms with Gasteiger partial charge in [-0.25, -0.2) is 0 Å². The molecule has 0 aliphatic heterocycles. The maximum atomic E-state index is 15.7. The fourth-order valence-corrected chi connectivity index (χ4v) is 12.6. The van der Waals surface area contributed by atoms with Gasteiger partial charge in [0.2, 0.25) is 0 Å². The fourth-order valence-electron chi connectivity index (χ4n) is 6.54. The van der Waals surface area contributed by atoms with Crippen LogP contribution in [0.2, 0.25) is 0 Å². The summed E-state index contributed by atoms with van der Waals surface area (Å²) in [5.41, 5.74) is 4.55. The molecule has 2 aliphatic rings. The first-order valence-electron chi connectivity index (χ1n) is 14.1. The quantitative estimate of drug-likeness (QED) is 0.190. The van der Waals surface area contributed by atoms with E-state index in [2.05, 4.69) is 6.07 Å². The first-order chi connectivity index (χ1) is 20.1. The van der Waals surface area contributed by atoms with Crippen LogP contribution in [-0.4, -0.2) is 0 Å². The van der Waals surface area contributed by atoms with Crippen LogP contribution in [0.1, 0.15) is 24.8 Å². The minimum Gasteiger partial charge on any atom is -0.309 e. The first-order valence-corrected chi connectivity index (χ1v) is 17.5. The SMILES string of the molecule is O=P(C1=C2CCC(=C1c1ccccc1P(=O)(c1ccccc1)c1ccccc1)C2)(c1ccccc1)c1ccccc1. The lowest BCUT2D eigenvalue weighted by atomic mass is 9.99. The summed E-state index contributed by atoms with van der Waals surface area (Å²) in [6.07, 6.45) is 2.71. The Hall–Kier alpha value is -3.96. The van der Waals surface area contributed by atoms with Crippen molar-refractivity contribution < 1.29 is 9.13 Å². The van der Waals surface area contributed by atoms with E-state index >= 15 is 9.13 Å². The lowest BCUT2D eigenvalue weighted by Crippen LogP contribution is -2.28. The Bertz CT molecular complexity index is 1800. The van der Waals surface area contributed by atoms with E-state index in [-0.39, 0.29) is 0 Å². The molecule has 1 fully saturated rings. The van der Waals surface area contributed by atoms with Crippen molar-refractivity contribution in [2.45, 2.75) is 19.3 Å². The summed E-state index contributed by atoms with van der Waals surface area (Å²) in [6, 6.07) is 47.6. The van der Waals surface area contributed by atoms with E-state index in [1.54, 1.807) is 0 Å². The molecule has 1 saturated carbocycles. The molecule has 5 aromatic rings. The minimum atomic E-state index is -3.26. The van der Waals surface area contributed by atoms with Gasteiger partial charge in [-0.3, -0.25) is 0 Å². The first kappa shape index (κ1) is 26.0. The third-order valence-corrected chi connectivity index (χ3v) is 14.7. The van der Waals surface area contributed by atoms with E-state index in [1.807, 2.05) is 140 Å². The summed E-state index contributed by atoms with van der Waals surface area (Å²) in [7, 11) is -6.48. The van der Waals surface area contributed by atoms with Crippen molar-refractivity contribution in [2.75, 3.05) is 0 Å². The zero-order valence-corrected chi connectivity index (χ0v) is 24.5. The summed E-state index contributed by atoms with van der Waals surface area (Å²) in [5, 5.41) is 5.04. The highest BCUT2D eigenvalue weighted by atomic mass is 31.2. The number of fused-ring (bicyclic) bond motifs is 2. The Kier molecular flexibility index (Phi) is 6.63. The molecule has 7 rings (SSSR count). The van der Waals surface area contributed by atoms with Gasteiger partial charge in [-0.15, -0.1) is 0 Å². The third-order valence-electron chi connectivity index (χ3n) is 8.39. The van der Waals surface area contributed by atoms with E-state index in [4.69, 9.17) is 0 Å². The largest absolute Gasteiger partial charge is 0.309 e. The van der Waals surface area contributed by atoms with Gasteiger partial charge in [-0.2, -0.15) is 0 Å². The molecule has 5 aromatic carbocycles. The van der Waals surface area contributed by atoms with Gasteiger partial charge in [-0.1, -0.05) is 157 Å². The Labute approximate surface area is 241 Å². The number of rotatable bonds is 7. The molecule has 0 amide bonds. The van der Waals surface area contributed by atoms with Crippen molar-refractivity contribution in [3.05, 3.63) is 168 Å². The highest BCUT2D eigenvalue weighted by Crippen LogP contribution is 2.65. The molecule has 2 aliphatic carbocycles. The average Bonchev–Trinajstić information content (AvgIpc) is 3.68. The van der Waals surface area contributed by atoms with E-state index in [1.165, 1.54) is 11.1 Å². The molecule has 4 heteroatoms. The molecule has 0 heterocycles. The van der Waals surface area contributed by atoms with Gasteiger partial charge in [0.25, 0.3) is 0 Å². The highest BCUT2D eigenvalue weighted by molar-refractivity contribution is 7.85. The minimum absolute atomic E-state index is 0.802. The Morgan fingerprint density at radius 1 is 0.415 bits per heavy atom. The molecule has 41 heavy (non-hydrogen) atoms. The van der Waals surface area contributed by atoms with Gasteiger partial charge in [0, 0.05) is 31.8 Å². The second-order valence-corrected chi connectivity index (χ2v) is 16.1. The van der Waals surface area contributed by atoms with Crippen molar-refractivity contribution in [3.63, 3.8) is 0 Å². The molecule has 0 unspecified atom stereocenters. The van der Waals surface area contributed by atoms with Crippen LogP contribution in [-0.2, 0) is 9.13 Å². The van der Waals surface area contributed by atoms with Crippen molar-refractivity contribution in [2.24, 2.45) is 0 Å². The summed E-state index contributed by atoms with van der Waals surface area (Å²) in [6.45, 7) is 0. The van der Waals surface area contributed by atoms with Crippen LogP contribution in [0, 0.1) is 0 Å². The lowest BCUT2D eigenvalue weighted by molar-refractivity contribution is 0.590. The zero-order valence-electron chi connectivity index (χ0n) is 22.7. The smallest absolute Gasteiger partial charge is 0.171 e. The molecule has 2 bridgehead atoms. The van der Waals surface area contributed by atoms with Crippen molar-refractivity contribution in [3.8, 4) is 0 Å². The van der Waals surface area contributed by atoms with E-state index in [0.717, 1.165) is 62.2 Å². The van der Waals surface area contributed by atoms with Crippen LogP contribution in [0.4, 0.5) is 0 Å². The maximum absolute atomic E-state index is 15.7. The molecule has 2 nitrogen and oxygen atoms in total. The van der Waals surface area contributed by atoms with E-state index in [0.29, 0.717) is 0 Å². The number of hydrogen-bond acceptors (Lipinski definition) is 2. The van der Waals surface area contributed by atoms with Gasteiger partial charge >= 0.3 is 0 Å². The summed E-state index contributed by atoms with van der Waals surface area (Å²) >= 11 is 0. The molecule has 0 saturated heterocycles. The predicted octanol–water partition coefficient (Wildman–Crippen LogP) is 7.55. The molecule has 0 radical (unpaired) electrons. The van der Waals surface area contributed by atoms with Crippen LogP contribution in [0.15, 0.2) is 162 Å². The van der Waals surface area contributed by atoms with Crippen molar-refractivity contribution in [1.82, 2.24) is 0 Å². The predicted molar refractivity (Wildman–Crippen MR) is 173 cm³/mol. The number of benzene rings is 5. The highest BCUT2D eigenvalue weighted by Gasteiger charge is 2.44. The van der Waals surface area contributed by atoms with Crippen molar-refractivity contribution in [1.29, 1.82) is 0 Å². The molecule has 0 spiro atoms. The molecule has 200 valence electrons. The van der Waals surface area contributed by atoms with Crippen LogP contribution in [0.25, 0.3) is 5.57 Å². The van der Waals surface area contributed by atoms with Gasteiger partial charge in [0.15, 0.2) is 14.3 Å². The van der Waals surface area contributed by atoms with Gasteiger partial charge in [-0.05, 0) is 30.4 Å². The second-order valence-electron chi connectivity index (χ2n) is 10.7. The lowest BCUT2D eigenvalue weighted by Gasteiger charge is -2.29. The normalized spacial score (nSPS) is 15.0. The number of hydrogen-bond donors (Lipinski definition) is 0. The van der Waals surface area contributed by atoms with Crippen LogP contribution in [0.5, 0.6) is 0 Å². The van der Waals surface area contributed by atoms with Crippen LogP contribution < -0.4 is 26.5 Å². The zero-order chi connectivity index (χ0) is 27.9. The summed E-state index contributed by atoms with van der Waals surface area (Å²) in [4.78, 5) is 0. The molecule has 0 N–H and O–H groups in total. The molecule has 0 aromatic heterocycles. The van der Waals surface area contributed by atoms with Crippen LogP contribution in [0.3, 0.4) is 0 Å². The third kappa shape index (κ3) is 4.17. The average molecular weight is 569 g/mol. The molecular weight excluding hydrogens is 538 g/mol. The van der Waals surface area contributed by atoms with Gasteiger partial charge in [0.1, 0.15) is 0 Å². The van der Waals surface area contributed by atoms with Crippen molar-refractivity contribution >= 4 is 46.4 Å².